The van der Waals surface area contributed by atoms with E-state index in [4.69, 9.17) is 9.47 Å². The van der Waals surface area contributed by atoms with E-state index in [1.165, 1.54) is 25.1 Å². The Kier molecular flexibility index (Phi) is 3.84. The second-order valence-electron chi connectivity index (χ2n) is 7.81. The zero-order chi connectivity index (χ0) is 21.5. The first-order valence-corrected chi connectivity index (χ1v) is 9.59. The van der Waals surface area contributed by atoms with Crippen molar-refractivity contribution in [2.24, 2.45) is 0 Å². The monoisotopic (exact) mass is 410 g/mol. The number of benzene rings is 2. The number of ketones is 2. The maximum Gasteiger partial charge on any atom is 0.309 e. The van der Waals surface area contributed by atoms with Crippen molar-refractivity contribution in [3.8, 4) is 11.5 Å². The first kappa shape index (κ1) is 18.8. The van der Waals surface area contributed by atoms with Crippen LogP contribution < -0.4 is 0 Å². The Hall–Kier alpha value is -3.23. The van der Waals surface area contributed by atoms with E-state index in [1.54, 1.807) is 6.92 Å². The standard InChI is InChI=1S/C22H18O8/c1-7(23)9-4-3-5-10-14(9)20(27)16-15(18(10)25)21(28)17-13(19(16)26)8(2)29-11-6-12(24)30-22(11)17/h3-5,7-8,11,22-23,26,28H,6H2,1-2H3/t7-,8-,11-,22+/m0/s1. The molecule has 8 heteroatoms. The summed E-state index contributed by atoms with van der Waals surface area (Å²) in [7, 11) is 0. The molecule has 30 heavy (non-hydrogen) atoms. The van der Waals surface area contributed by atoms with Crippen LogP contribution >= 0.6 is 0 Å². The minimum absolute atomic E-state index is 0.00537. The normalized spacial score (nSPS) is 25.2. The molecule has 0 amide bonds. The highest BCUT2D eigenvalue weighted by molar-refractivity contribution is 6.31. The number of rotatable bonds is 1. The molecule has 1 saturated heterocycles. The fraction of sp³-hybridized carbons (Fsp3) is 0.318. The average molecular weight is 410 g/mol. The van der Waals surface area contributed by atoms with Gasteiger partial charge in [0, 0.05) is 22.3 Å². The zero-order valence-electron chi connectivity index (χ0n) is 16.1. The van der Waals surface area contributed by atoms with Gasteiger partial charge in [-0.25, -0.2) is 0 Å². The number of aromatic hydroxyl groups is 2. The SMILES string of the molecule is C[C@H](O)c1cccc2c1C(=O)c1c(O)c3c(c(O)c1C2=O)[C@@H]1OC(=O)C[C@@H]1O[C@H]3C. The van der Waals surface area contributed by atoms with Crippen molar-refractivity contribution in [3.05, 3.63) is 57.1 Å². The number of phenolic OH excluding ortho intramolecular Hbond substituents is 2. The Bertz CT molecular complexity index is 1160. The van der Waals surface area contributed by atoms with E-state index in [0.29, 0.717) is 0 Å². The molecule has 1 fully saturated rings. The van der Waals surface area contributed by atoms with Gasteiger partial charge in [-0.15, -0.1) is 0 Å². The lowest BCUT2D eigenvalue weighted by Crippen LogP contribution is -2.30. The van der Waals surface area contributed by atoms with Gasteiger partial charge < -0.3 is 24.8 Å². The van der Waals surface area contributed by atoms with E-state index in [1.807, 2.05) is 0 Å². The molecule has 2 heterocycles. The largest absolute Gasteiger partial charge is 0.507 e. The lowest BCUT2D eigenvalue weighted by molar-refractivity contribution is -0.143. The molecule has 3 aliphatic rings. The van der Waals surface area contributed by atoms with Crippen molar-refractivity contribution in [2.75, 3.05) is 0 Å². The van der Waals surface area contributed by atoms with Crippen LogP contribution in [0.3, 0.4) is 0 Å². The summed E-state index contributed by atoms with van der Waals surface area (Å²) < 4.78 is 11.1. The fourth-order valence-corrected chi connectivity index (χ4v) is 4.75. The Labute approximate surface area is 170 Å². The quantitative estimate of drug-likeness (QED) is 0.412. The van der Waals surface area contributed by atoms with E-state index in [9.17, 15) is 29.7 Å². The predicted molar refractivity (Wildman–Crippen MR) is 100 cm³/mol. The number of aliphatic hydroxyl groups excluding tert-OH is 1. The van der Waals surface area contributed by atoms with Crippen molar-refractivity contribution in [1.29, 1.82) is 0 Å². The highest BCUT2D eigenvalue weighted by atomic mass is 16.6. The fourth-order valence-electron chi connectivity index (χ4n) is 4.75. The topological polar surface area (TPSA) is 130 Å². The highest BCUT2D eigenvalue weighted by Gasteiger charge is 2.49. The molecule has 1 aliphatic carbocycles. The molecule has 0 bridgehead atoms. The van der Waals surface area contributed by atoms with Gasteiger partial charge in [0.25, 0.3) is 0 Å². The smallest absolute Gasteiger partial charge is 0.309 e. The first-order valence-electron chi connectivity index (χ1n) is 9.59. The Morgan fingerprint density at radius 2 is 1.67 bits per heavy atom. The number of carbonyl (C=O) groups excluding carboxylic acids is 3. The number of fused-ring (bicyclic) bond motifs is 5. The maximum atomic E-state index is 13.4. The average Bonchev–Trinajstić information content (AvgIpc) is 3.06. The third kappa shape index (κ3) is 2.26. The number of hydrogen-bond donors (Lipinski definition) is 3. The molecule has 8 nitrogen and oxygen atoms in total. The molecular formula is C22H18O8. The summed E-state index contributed by atoms with van der Waals surface area (Å²) in [5.74, 6) is -2.83. The summed E-state index contributed by atoms with van der Waals surface area (Å²) in [6.45, 7) is 3.09. The van der Waals surface area contributed by atoms with E-state index in [0.717, 1.165) is 0 Å². The van der Waals surface area contributed by atoms with Gasteiger partial charge in [-0.05, 0) is 19.4 Å². The summed E-state index contributed by atoms with van der Waals surface area (Å²) in [6, 6.07) is 4.50. The number of aliphatic hydroxyl groups is 1. The minimum atomic E-state index is -1.02. The number of esters is 1. The van der Waals surface area contributed by atoms with E-state index >= 15 is 0 Å². The summed E-state index contributed by atoms with van der Waals surface area (Å²) >= 11 is 0. The van der Waals surface area contributed by atoms with Crippen molar-refractivity contribution >= 4 is 17.5 Å². The third-order valence-electron chi connectivity index (χ3n) is 6.03. The van der Waals surface area contributed by atoms with Crippen LogP contribution in [0.25, 0.3) is 0 Å². The van der Waals surface area contributed by atoms with Crippen LogP contribution in [-0.4, -0.2) is 39.0 Å². The van der Waals surface area contributed by atoms with Crippen LogP contribution in [0.15, 0.2) is 18.2 Å². The molecule has 2 aromatic carbocycles. The molecule has 0 spiro atoms. The molecule has 4 atom stereocenters. The highest BCUT2D eigenvalue weighted by Crippen LogP contribution is 2.54. The Morgan fingerprint density at radius 1 is 1.00 bits per heavy atom. The first-order chi connectivity index (χ1) is 14.2. The van der Waals surface area contributed by atoms with Gasteiger partial charge in [-0.3, -0.25) is 14.4 Å². The molecule has 2 aliphatic heterocycles. The van der Waals surface area contributed by atoms with Crippen molar-refractivity contribution in [3.63, 3.8) is 0 Å². The number of ether oxygens (including phenoxy) is 2. The van der Waals surface area contributed by atoms with Crippen molar-refractivity contribution in [1.82, 2.24) is 0 Å². The van der Waals surface area contributed by atoms with Gasteiger partial charge in [-0.1, -0.05) is 18.2 Å². The van der Waals surface area contributed by atoms with Crippen LogP contribution in [0.4, 0.5) is 0 Å². The Morgan fingerprint density at radius 3 is 2.37 bits per heavy atom. The van der Waals surface area contributed by atoms with Gasteiger partial charge in [0.2, 0.25) is 0 Å². The van der Waals surface area contributed by atoms with E-state index in [-0.39, 0.29) is 45.4 Å². The summed E-state index contributed by atoms with van der Waals surface area (Å²) in [4.78, 5) is 38.4. The molecule has 5 rings (SSSR count). The molecular weight excluding hydrogens is 392 g/mol. The minimum Gasteiger partial charge on any atom is -0.507 e. The zero-order valence-corrected chi connectivity index (χ0v) is 16.1. The van der Waals surface area contributed by atoms with Crippen molar-refractivity contribution in [2.45, 2.75) is 44.7 Å². The maximum absolute atomic E-state index is 13.4. The molecule has 3 N–H and O–H groups in total. The molecule has 154 valence electrons. The number of carbonyl (C=O) groups is 3. The van der Waals surface area contributed by atoms with E-state index < -0.39 is 53.5 Å². The Balaban J connectivity index is 1.82. The van der Waals surface area contributed by atoms with Crippen LogP contribution in [0.5, 0.6) is 11.5 Å². The van der Waals surface area contributed by atoms with Crippen LogP contribution in [-0.2, 0) is 14.3 Å². The lowest BCUT2D eigenvalue weighted by Gasteiger charge is -2.34. The van der Waals surface area contributed by atoms with E-state index in [2.05, 4.69) is 0 Å². The van der Waals surface area contributed by atoms with Crippen molar-refractivity contribution < 1.29 is 39.2 Å². The summed E-state index contributed by atoms with van der Waals surface area (Å²) in [5.41, 5.74) is -0.187. The number of phenols is 2. The molecule has 0 unspecified atom stereocenters. The lowest BCUT2D eigenvalue weighted by atomic mass is 9.76. The summed E-state index contributed by atoms with van der Waals surface area (Å²) in [6.07, 6.45) is -3.42. The van der Waals surface area contributed by atoms with Gasteiger partial charge in [0.15, 0.2) is 17.7 Å². The van der Waals surface area contributed by atoms with Crippen LogP contribution in [0.1, 0.15) is 87.1 Å². The van der Waals surface area contributed by atoms with Gasteiger partial charge in [-0.2, -0.15) is 0 Å². The van der Waals surface area contributed by atoms with Crippen LogP contribution in [0, 0.1) is 0 Å². The summed E-state index contributed by atoms with van der Waals surface area (Å²) in [5, 5.41) is 32.2. The third-order valence-corrected chi connectivity index (χ3v) is 6.03. The molecule has 2 aromatic rings. The molecule has 0 aromatic heterocycles. The molecule has 0 radical (unpaired) electrons. The van der Waals surface area contributed by atoms with Gasteiger partial charge in [0.1, 0.15) is 17.6 Å². The second-order valence-corrected chi connectivity index (χ2v) is 7.81. The predicted octanol–water partition coefficient (Wildman–Crippen LogP) is 2.37. The van der Waals surface area contributed by atoms with Gasteiger partial charge >= 0.3 is 5.97 Å². The molecule has 0 saturated carbocycles. The van der Waals surface area contributed by atoms with Crippen LogP contribution in [0.2, 0.25) is 0 Å². The second kappa shape index (κ2) is 6.13. The van der Waals surface area contributed by atoms with Gasteiger partial charge in [0.05, 0.1) is 29.8 Å². The number of hydrogen-bond acceptors (Lipinski definition) is 8.